The summed E-state index contributed by atoms with van der Waals surface area (Å²) in [5.41, 5.74) is 0. The van der Waals surface area contributed by atoms with Crippen molar-refractivity contribution in [2.24, 2.45) is 0 Å². The number of methoxy groups -OCH3 is 2. The molecule has 0 aromatic rings. The average Bonchev–Trinajstić information content (AvgIpc) is 2.61. The molecule has 0 rings (SSSR count). The predicted octanol–water partition coefficient (Wildman–Crippen LogP) is 3.52. The highest BCUT2D eigenvalue weighted by Crippen LogP contribution is 2.11. The number of unbranched alkanes of at least 4 members (excludes halogenated alkanes) is 9. The van der Waals surface area contributed by atoms with Crippen LogP contribution >= 0.6 is 0 Å². The van der Waals surface area contributed by atoms with E-state index in [1.165, 1.54) is 59.2 Å². The lowest BCUT2D eigenvalue weighted by Gasteiger charge is -2.15. The second-order valence-electron chi connectivity index (χ2n) is 6.36. The first-order valence-corrected chi connectivity index (χ1v) is 9.49. The van der Waals surface area contributed by atoms with Gasteiger partial charge in [-0.25, -0.2) is 4.79 Å². The molecule has 6 nitrogen and oxygen atoms in total. The highest BCUT2D eigenvalue weighted by atomic mass is 16.5. The number of carbonyl (C=O) groups is 3. The molecule has 0 bridgehead atoms. The number of amides is 1. The van der Waals surface area contributed by atoms with Crippen LogP contribution in [0.25, 0.3) is 0 Å². The van der Waals surface area contributed by atoms with Crippen LogP contribution in [0.15, 0.2) is 0 Å². The van der Waals surface area contributed by atoms with Gasteiger partial charge in [0.2, 0.25) is 5.91 Å². The first-order valence-electron chi connectivity index (χ1n) is 9.49. The molecule has 1 amide bonds. The largest absolute Gasteiger partial charge is 0.469 e. The maximum Gasteiger partial charge on any atom is 0.328 e. The molecule has 0 saturated carbocycles. The minimum atomic E-state index is -0.979. The van der Waals surface area contributed by atoms with Gasteiger partial charge in [0.15, 0.2) is 0 Å². The fraction of sp³-hybridized carbons (Fsp3) is 0.842. The average molecular weight is 357 g/mol. The number of nitrogens with one attached hydrogen (secondary N) is 1. The van der Waals surface area contributed by atoms with Crippen molar-refractivity contribution < 1.29 is 23.9 Å². The molecule has 0 spiro atoms. The SMILES string of the molecule is CCCCCCCCCCCCC(=O)N[C@@H](CC(=O)OC)C(=O)OC. The molecule has 6 heteroatoms. The van der Waals surface area contributed by atoms with E-state index in [2.05, 4.69) is 21.7 Å². The Labute approximate surface area is 152 Å². The Balaban J connectivity index is 3.78. The van der Waals surface area contributed by atoms with Crippen LogP contribution in [0, 0.1) is 0 Å². The van der Waals surface area contributed by atoms with Gasteiger partial charge in [-0.05, 0) is 6.42 Å². The van der Waals surface area contributed by atoms with Crippen LogP contribution in [-0.2, 0) is 23.9 Å². The van der Waals surface area contributed by atoms with Crippen LogP contribution in [-0.4, -0.2) is 38.1 Å². The summed E-state index contributed by atoms with van der Waals surface area (Å²) in [6.07, 6.45) is 12.1. The fourth-order valence-electron chi connectivity index (χ4n) is 2.63. The van der Waals surface area contributed by atoms with Crippen LogP contribution in [0.5, 0.6) is 0 Å². The van der Waals surface area contributed by atoms with Crippen molar-refractivity contribution >= 4 is 17.8 Å². The number of hydrogen-bond acceptors (Lipinski definition) is 5. The molecule has 0 aliphatic rings. The number of carbonyl (C=O) groups excluding carboxylic acids is 3. The maximum atomic E-state index is 11.9. The Bertz CT molecular complexity index is 384. The second-order valence-corrected chi connectivity index (χ2v) is 6.36. The van der Waals surface area contributed by atoms with E-state index in [0.717, 1.165) is 19.3 Å². The van der Waals surface area contributed by atoms with Gasteiger partial charge >= 0.3 is 11.9 Å². The number of esters is 2. The Kier molecular flexibility index (Phi) is 14.9. The minimum absolute atomic E-state index is 0.215. The van der Waals surface area contributed by atoms with E-state index in [9.17, 15) is 14.4 Å². The third-order valence-corrected chi connectivity index (χ3v) is 4.18. The van der Waals surface area contributed by atoms with Crippen molar-refractivity contribution in [1.29, 1.82) is 0 Å². The molecule has 0 aromatic carbocycles. The summed E-state index contributed by atoms with van der Waals surface area (Å²) in [4.78, 5) is 34.8. The van der Waals surface area contributed by atoms with Crippen molar-refractivity contribution in [3.05, 3.63) is 0 Å². The van der Waals surface area contributed by atoms with Crippen LogP contribution in [0.1, 0.15) is 84.0 Å². The number of rotatable bonds is 15. The zero-order chi connectivity index (χ0) is 18.9. The standard InChI is InChI=1S/C19H35NO5/c1-4-5-6-7-8-9-10-11-12-13-14-17(21)20-16(19(23)25-3)15-18(22)24-2/h16H,4-15H2,1-3H3,(H,20,21)/t16-/m0/s1. The molecule has 0 radical (unpaired) electrons. The first-order chi connectivity index (χ1) is 12.0. The van der Waals surface area contributed by atoms with Gasteiger partial charge in [0.25, 0.3) is 0 Å². The molecule has 0 saturated heterocycles. The third-order valence-electron chi connectivity index (χ3n) is 4.18. The minimum Gasteiger partial charge on any atom is -0.469 e. The lowest BCUT2D eigenvalue weighted by atomic mass is 10.1. The lowest BCUT2D eigenvalue weighted by molar-refractivity contribution is -0.150. The summed E-state index contributed by atoms with van der Waals surface area (Å²) in [5.74, 6) is -1.43. The molecule has 0 aliphatic carbocycles. The van der Waals surface area contributed by atoms with Crippen molar-refractivity contribution in [3.8, 4) is 0 Å². The van der Waals surface area contributed by atoms with Crippen LogP contribution in [0.3, 0.4) is 0 Å². The lowest BCUT2D eigenvalue weighted by Crippen LogP contribution is -2.43. The van der Waals surface area contributed by atoms with E-state index in [-0.39, 0.29) is 12.3 Å². The van der Waals surface area contributed by atoms with E-state index in [4.69, 9.17) is 0 Å². The molecule has 0 fully saturated rings. The van der Waals surface area contributed by atoms with Crippen LogP contribution < -0.4 is 5.32 Å². The van der Waals surface area contributed by atoms with Crippen molar-refractivity contribution in [1.82, 2.24) is 5.32 Å². The van der Waals surface area contributed by atoms with Gasteiger partial charge in [0.05, 0.1) is 20.6 Å². The monoisotopic (exact) mass is 357 g/mol. The normalized spacial score (nSPS) is 11.6. The topological polar surface area (TPSA) is 81.7 Å². The Morgan fingerprint density at radius 3 is 1.80 bits per heavy atom. The maximum absolute atomic E-state index is 11.9. The molecular weight excluding hydrogens is 322 g/mol. The highest BCUT2D eigenvalue weighted by molar-refractivity contribution is 5.87. The molecule has 0 heterocycles. The van der Waals surface area contributed by atoms with E-state index >= 15 is 0 Å². The molecule has 25 heavy (non-hydrogen) atoms. The Morgan fingerprint density at radius 2 is 1.32 bits per heavy atom. The summed E-state index contributed by atoms with van der Waals surface area (Å²) in [6, 6.07) is -0.979. The van der Waals surface area contributed by atoms with Crippen LogP contribution in [0.4, 0.5) is 0 Å². The summed E-state index contributed by atoms with van der Waals surface area (Å²) < 4.78 is 9.13. The molecule has 0 aromatic heterocycles. The van der Waals surface area contributed by atoms with Gasteiger partial charge in [-0.15, -0.1) is 0 Å². The molecule has 1 N–H and O–H groups in total. The van der Waals surface area contributed by atoms with Gasteiger partial charge < -0.3 is 14.8 Å². The van der Waals surface area contributed by atoms with Gasteiger partial charge in [-0.2, -0.15) is 0 Å². The molecule has 1 atom stereocenters. The Hall–Kier alpha value is -1.59. The van der Waals surface area contributed by atoms with E-state index in [1.807, 2.05) is 0 Å². The quantitative estimate of drug-likeness (QED) is 0.358. The zero-order valence-electron chi connectivity index (χ0n) is 16.1. The van der Waals surface area contributed by atoms with E-state index < -0.39 is 18.0 Å². The smallest absolute Gasteiger partial charge is 0.328 e. The molecular formula is C19H35NO5. The molecule has 0 unspecified atom stereocenters. The zero-order valence-corrected chi connectivity index (χ0v) is 16.1. The molecule has 0 aliphatic heterocycles. The van der Waals surface area contributed by atoms with E-state index in [1.54, 1.807) is 0 Å². The van der Waals surface area contributed by atoms with Crippen molar-refractivity contribution in [2.75, 3.05) is 14.2 Å². The Morgan fingerprint density at radius 1 is 0.800 bits per heavy atom. The molecule has 146 valence electrons. The first kappa shape index (κ1) is 23.4. The van der Waals surface area contributed by atoms with Gasteiger partial charge in [0, 0.05) is 6.42 Å². The van der Waals surface area contributed by atoms with Gasteiger partial charge in [-0.1, -0.05) is 64.7 Å². The van der Waals surface area contributed by atoms with Crippen molar-refractivity contribution in [2.45, 2.75) is 90.0 Å². The summed E-state index contributed by atoms with van der Waals surface area (Å²) in [6.45, 7) is 2.22. The highest BCUT2D eigenvalue weighted by Gasteiger charge is 2.24. The predicted molar refractivity (Wildman–Crippen MR) is 97.0 cm³/mol. The van der Waals surface area contributed by atoms with E-state index in [0.29, 0.717) is 6.42 Å². The summed E-state index contributed by atoms with van der Waals surface area (Å²) in [5, 5.41) is 2.55. The van der Waals surface area contributed by atoms with Gasteiger partial charge in [-0.3, -0.25) is 9.59 Å². The fourth-order valence-corrected chi connectivity index (χ4v) is 2.63. The van der Waals surface area contributed by atoms with Gasteiger partial charge in [0.1, 0.15) is 6.04 Å². The number of hydrogen-bond donors (Lipinski definition) is 1. The third kappa shape index (κ3) is 13.4. The summed E-state index contributed by atoms with van der Waals surface area (Å²) in [7, 11) is 2.46. The second kappa shape index (κ2) is 15.9. The summed E-state index contributed by atoms with van der Waals surface area (Å²) >= 11 is 0. The van der Waals surface area contributed by atoms with Crippen molar-refractivity contribution in [3.63, 3.8) is 0 Å². The number of ether oxygens (including phenoxy) is 2. The van der Waals surface area contributed by atoms with Crippen LogP contribution in [0.2, 0.25) is 0 Å².